The van der Waals surface area contributed by atoms with Crippen molar-refractivity contribution in [1.29, 1.82) is 0 Å². The van der Waals surface area contributed by atoms with Crippen molar-refractivity contribution in [3.05, 3.63) is 22.7 Å². The molecular weight excluding hydrogens is 476 g/mol. The molecule has 202 valence electrons. The second-order valence-corrected chi connectivity index (χ2v) is 9.72. The van der Waals surface area contributed by atoms with E-state index < -0.39 is 60.5 Å². The zero-order valence-corrected chi connectivity index (χ0v) is 21.0. The molecule has 1 aliphatic rings. The minimum atomic E-state index is -1.47. The van der Waals surface area contributed by atoms with Crippen LogP contribution in [0.5, 0.6) is 0 Å². The van der Waals surface area contributed by atoms with Gasteiger partial charge in [-0.15, -0.1) is 0 Å². The number of carbonyl (C=O) groups is 3. The van der Waals surface area contributed by atoms with Gasteiger partial charge in [0.15, 0.2) is 6.23 Å². The molecule has 0 aliphatic carbocycles. The number of aliphatic hydroxyl groups excluding tert-OH is 3. The number of aliphatic hydroxyl groups is 3. The van der Waals surface area contributed by atoms with Crippen LogP contribution in [0, 0.1) is 0 Å². The van der Waals surface area contributed by atoms with Gasteiger partial charge in [-0.3, -0.25) is 9.36 Å². The van der Waals surface area contributed by atoms with Gasteiger partial charge in [-0.2, -0.15) is 4.98 Å². The lowest BCUT2D eigenvalue weighted by atomic mass is 10.1. The second kappa shape index (κ2) is 12.9. The van der Waals surface area contributed by atoms with Crippen LogP contribution in [0.15, 0.2) is 17.1 Å². The van der Waals surface area contributed by atoms with Gasteiger partial charge in [0.1, 0.15) is 41.6 Å². The molecule has 0 bridgehead atoms. The molecule has 1 aromatic rings. The Labute approximate surface area is 208 Å². The number of hydrogen-bond donors (Lipinski definition) is 5. The van der Waals surface area contributed by atoms with Gasteiger partial charge in [0.25, 0.3) is 0 Å². The zero-order chi connectivity index (χ0) is 27.0. The molecular formula is C23H36N4O9. The molecule has 1 fully saturated rings. The number of hydrogen-bond acceptors (Lipinski definition) is 10. The number of nitrogens with zero attached hydrogens (tertiary/aromatic N) is 2. The summed E-state index contributed by atoms with van der Waals surface area (Å²) in [7, 11) is 0. The second-order valence-electron chi connectivity index (χ2n) is 9.72. The molecule has 0 radical (unpaired) electrons. The first-order chi connectivity index (χ1) is 16.8. The number of alkyl carbamates (subject to hydrolysis) is 1. The number of anilines is 1. The summed E-state index contributed by atoms with van der Waals surface area (Å²) in [4.78, 5) is 52.6. The van der Waals surface area contributed by atoms with Crippen molar-refractivity contribution >= 4 is 23.6 Å². The summed E-state index contributed by atoms with van der Waals surface area (Å²) < 4.78 is 11.5. The molecule has 0 aromatic carbocycles. The molecule has 2 amide bonds. The fourth-order valence-electron chi connectivity index (χ4n) is 3.62. The van der Waals surface area contributed by atoms with Crippen molar-refractivity contribution in [2.24, 2.45) is 0 Å². The van der Waals surface area contributed by atoms with E-state index in [1.165, 1.54) is 19.2 Å². The van der Waals surface area contributed by atoms with Crippen molar-refractivity contribution in [3.8, 4) is 0 Å². The third-order valence-electron chi connectivity index (χ3n) is 5.40. The molecule has 5 N–H and O–H groups in total. The van der Waals surface area contributed by atoms with Crippen molar-refractivity contribution in [3.63, 3.8) is 0 Å². The van der Waals surface area contributed by atoms with Crippen LogP contribution < -0.4 is 16.3 Å². The molecule has 1 aromatic heterocycles. The predicted octanol–water partition coefficient (Wildman–Crippen LogP) is 0.226. The highest BCUT2D eigenvalue weighted by molar-refractivity contribution is 5.95. The van der Waals surface area contributed by atoms with E-state index in [9.17, 15) is 34.5 Å². The van der Waals surface area contributed by atoms with Crippen molar-refractivity contribution in [2.75, 3.05) is 11.9 Å². The van der Waals surface area contributed by atoms with Crippen LogP contribution in [0.3, 0.4) is 0 Å². The molecule has 2 rings (SSSR count). The monoisotopic (exact) mass is 512 g/mol. The third kappa shape index (κ3) is 8.66. The van der Waals surface area contributed by atoms with E-state index >= 15 is 0 Å². The van der Waals surface area contributed by atoms with Crippen LogP contribution in [0.25, 0.3) is 0 Å². The molecule has 13 heteroatoms. The van der Waals surface area contributed by atoms with Crippen LogP contribution in [0.1, 0.15) is 66.0 Å². The quantitative estimate of drug-likeness (QED) is 0.257. The van der Waals surface area contributed by atoms with Gasteiger partial charge in [-0.05, 0) is 46.6 Å². The highest BCUT2D eigenvalue weighted by Crippen LogP contribution is 2.28. The topological polar surface area (TPSA) is 189 Å². The van der Waals surface area contributed by atoms with Crippen LogP contribution in [0.2, 0.25) is 0 Å². The average molecular weight is 513 g/mol. The number of rotatable bonds is 11. The summed E-state index contributed by atoms with van der Waals surface area (Å²) in [6.07, 6.45) is -2.13. The van der Waals surface area contributed by atoms with E-state index in [1.807, 2.05) is 0 Å². The number of ether oxygens (including phenoxy) is 2. The lowest BCUT2D eigenvalue weighted by Gasteiger charge is -2.23. The smallest absolute Gasteiger partial charge is 0.408 e. The van der Waals surface area contributed by atoms with Crippen LogP contribution >= 0.6 is 0 Å². The number of aromatic nitrogens is 2. The van der Waals surface area contributed by atoms with E-state index in [2.05, 4.69) is 15.6 Å². The molecule has 2 unspecified atom stereocenters. The Morgan fingerprint density at radius 1 is 1.19 bits per heavy atom. The van der Waals surface area contributed by atoms with E-state index in [-0.39, 0.29) is 18.0 Å². The number of ketones is 1. The van der Waals surface area contributed by atoms with Crippen molar-refractivity contribution in [2.45, 2.75) is 96.0 Å². The van der Waals surface area contributed by atoms with Gasteiger partial charge in [0.2, 0.25) is 5.91 Å². The van der Waals surface area contributed by atoms with Crippen LogP contribution in [-0.2, 0) is 19.1 Å². The Morgan fingerprint density at radius 3 is 2.44 bits per heavy atom. The van der Waals surface area contributed by atoms with E-state index in [1.54, 1.807) is 20.8 Å². The Balaban J connectivity index is 2.08. The summed E-state index contributed by atoms with van der Waals surface area (Å²) in [6.45, 7) is 6.03. The predicted molar refractivity (Wildman–Crippen MR) is 127 cm³/mol. The molecule has 2 heterocycles. The molecule has 13 nitrogen and oxygen atoms in total. The number of nitrogens with one attached hydrogen (secondary N) is 2. The standard InChI is InChI=1S/C23H36N4O9/c1-13(29)8-6-5-7-9-14(24-22(34)36-23(2,3)4)19(32)25-16-10-11-27(21(33)26-16)20-18(31)17(30)15(12-28)35-20/h10-11,14-15,17-18,20,28,30-31H,5-9,12H2,1-4H3,(H,24,34)(H,25,26,32,33)/t14?,15-,17+,18?,20-/m1/s1. The van der Waals surface area contributed by atoms with Crippen molar-refractivity contribution in [1.82, 2.24) is 14.9 Å². The number of carbonyl (C=O) groups excluding carboxylic acids is 3. The molecule has 0 saturated carbocycles. The fourth-order valence-corrected chi connectivity index (χ4v) is 3.62. The maximum Gasteiger partial charge on any atom is 0.408 e. The van der Waals surface area contributed by atoms with Crippen LogP contribution in [0.4, 0.5) is 10.6 Å². The first kappa shape index (κ1) is 29.4. The molecule has 36 heavy (non-hydrogen) atoms. The molecule has 0 spiro atoms. The lowest BCUT2D eigenvalue weighted by molar-refractivity contribution is -0.119. The average Bonchev–Trinajstić information content (AvgIpc) is 3.05. The first-order valence-corrected chi connectivity index (χ1v) is 11.8. The van der Waals surface area contributed by atoms with E-state index in [0.29, 0.717) is 25.7 Å². The van der Waals surface area contributed by atoms with Gasteiger partial charge in [0, 0.05) is 12.6 Å². The van der Waals surface area contributed by atoms with E-state index in [4.69, 9.17) is 9.47 Å². The minimum Gasteiger partial charge on any atom is -0.444 e. The maximum atomic E-state index is 12.9. The van der Waals surface area contributed by atoms with Gasteiger partial charge in [0.05, 0.1) is 6.61 Å². The highest BCUT2D eigenvalue weighted by Gasteiger charge is 2.43. The summed E-state index contributed by atoms with van der Waals surface area (Å²) >= 11 is 0. The fraction of sp³-hybridized carbons (Fsp3) is 0.696. The Hall–Kier alpha value is -2.87. The molecule has 5 atom stereocenters. The number of unbranched alkanes of at least 4 members (excludes halogenated alkanes) is 2. The first-order valence-electron chi connectivity index (χ1n) is 11.8. The van der Waals surface area contributed by atoms with Crippen molar-refractivity contribution < 1.29 is 39.2 Å². The summed E-state index contributed by atoms with van der Waals surface area (Å²) in [5.74, 6) is -0.639. The van der Waals surface area contributed by atoms with E-state index in [0.717, 1.165) is 4.57 Å². The molecule has 1 saturated heterocycles. The van der Waals surface area contributed by atoms with Gasteiger partial charge < -0.3 is 40.2 Å². The Bertz CT molecular complexity index is 975. The van der Waals surface area contributed by atoms with Gasteiger partial charge in [-0.1, -0.05) is 12.8 Å². The zero-order valence-electron chi connectivity index (χ0n) is 21.0. The SMILES string of the molecule is CC(=O)CCCCCC(NC(=O)OC(C)(C)C)C(=O)Nc1ccn([C@@H]2O[C@H](CO)[C@H](O)C2O)c(=O)n1. The largest absolute Gasteiger partial charge is 0.444 e. The maximum absolute atomic E-state index is 12.9. The third-order valence-corrected chi connectivity index (χ3v) is 5.40. The number of Topliss-reactive ketones (excluding diaryl/α,β-unsaturated/α-hetero) is 1. The number of amides is 2. The normalized spacial score (nSPS) is 22.6. The lowest BCUT2D eigenvalue weighted by Crippen LogP contribution is -2.46. The van der Waals surface area contributed by atoms with Gasteiger partial charge >= 0.3 is 11.8 Å². The summed E-state index contributed by atoms with van der Waals surface area (Å²) in [5.41, 5.74) is -1.64. The van der Waals surface area contributed by atoms with Gasteiger partial charge in [-0.25, -0.2) is 9.59 Å². The highest BCUT2D eigenvalue weighted by atomic mass is 16.6. The Kier molecular flexibility index (Phi) is 10.5. The summed E-state index contributed by atoms with van der Waals surface area (Å²) in [5, 5.41) is 34.3. The summed E-state index contributed by atoms with van der Waals surface area (Å²) in [6, 6.07) is 0.313. The van der Waals surface area contributed by atoms with Crippen LogP contribution in [-0.4, -0.2) is 79.2 Å². The Morgan fingerprint density at radius 2 is 1.89 bits per heavy atom. The minimum absolute atomic E-state index is 0.0777. The molecule has 1 aliphatic heterocycles.